The number of nitrogens with one attached hydrogen (secondary N) is 1. The molecule has 1 heterocycles. The zero-order chi connectivity index (χ0) is 18.8. The number of guanidine groups is 1. The van der Waals surface area contributed by atoms with Crippen molar-refractivity contribution >= 4 is 29.9 Å². The maximum absolute atomic E-state index is 4.44. The molecule has 0 radical (unpaired) electrons. The van der Waals surface area contributed by atoms with E-state index >= 15 is 0 Å². The first-order valence-electron chi connectivity index (χ1n) is 10.0. The number of halogens is 1. The molecule has 1 aliphatic rings. The molecule has 1 aromatic rings. The minimum absolute atomic E-state index is 0. The number of hydrogen-bond acceptors (Lipinski definition) is 3. The second kappa shape index (κ2) is 13.3. The minimum Gasteiger partial charge on any atom is -0.356 e. The zero-order valence-corrected chi connectivity index (χ0v) is 19.9. The summed E-state index contributed by atoms with van der Waals surface area (Å²) in [7, 11) is 6.19. The van der Waals surface area contributed by atoms with Gasteiger partial charge in [0, 0.05) is 40.3 Å². The molecule has 1 aliphatic heterocycles. The van der Waals surface area contributed by atoms with Gasteiger partial charge in [-0.05, 0) is 57.1 Å². The Morgan fingerprint density at radius 2 is 1.81 bits per heavy atom. The molecule has 1 saturated heterocycles. The lowest BCUT2D eigenvalue weighted by Gasteiger charge is -2.23. The molecular formula is C21H38IN5. The summed E-state index contributed by atoms with van der Waals surface area (Å²) >= 11 is 0. The van der Waals surface area contributed by atoms with E-state index in [0.717, 1.165) is 31.9 Å². The largest absolute Gasteiger partial charge is 0.356 e. The number of aliphatic imine (C=N–C) groups is 1. The monoisotopic (exact) mass is 487 g/mol. The molecular weight excluding hydrogens is 449 g/mol. The minimum atomic E-state index is 0. The van der Waals surface area contributed by atoms with Crippen molar-refractivity contribution < 1.29 is 0 Å². The molecule has 1 N–H and O–H groups in total. The number of likely N-dealkylation sites (N-methyl/N-ethyl adjacent to an activating group) is 1. The number of nitrogens with zero attached hydrogens (tertiary/aromatic N) is 4. The van der Waals surface area contributed by atoms with Gasteiger partial charge in [0.25, 0.3) is 0 Å². The van der Waals surface area contributed by atoms with Crippen molar-refractivity contribution in [3.05, 3.63) is 35.4 Å². The number of rotatable bonds is 7. The summed E-state index contributed by atoms with van der Waals surface area (Å²) in [5.41, 5.74) is 2.71. The third-order valence-electron chi connectivity index (χ3n) is 5.17. The Hall–Kier alpha value is -0.860. The highest BCUT2D eigenvalue weighted by Gasteiger charge is 2.12. The fraction of sp³-hybridized carbons (Fsp3) is 0.667. The Morgan fingerprint density at radius 1 is 1.11 bits per heavy atom. The molecule has 5 nitrogen and oxygen atoms in total. The third kappa shape index (κ3) is 8.79. The predicted octanol–water partition coefficient (Wildman–Crippen LogP) is 2.90. The lowest BCUT2D eigenvalue weighted by atomic mass is 10.1. The van der Waals surface area contributed by atoms with Crippen LogP contribution in [0.2, 0.25) is 0 Å². The van der Waals surface area contributed by atoms with Crippen LogP contribution in [0.3, 0.4) is 0 Å². The van der Waals surface area contributed by atoms with E-state index in [1.54, 1.807) is 0 Å². The Kier molecular flexibility index (Phi) is 11.9. The van der Waals surface area contributed by atoms with E-state index in [1.165, 1.54) is 50.3 Å². The van der Waals surface area contributed by atoms with Crippen LogP contribution >= 0.6 is 24.0 Å². The number of aryl methyl sites for hydroxylation is 1. The van der Waals surface area contributed by atoms with Crippen molar-refractivity contribution in [2.75, 3.05) is 60.4 Å². The van der Waals surface area contributed by atoms with Crippen molar-refractivity contribution in [1.82, 2.24) is 20.0 Å². The Balaban J connectivity index is 0.00000364. The van der Waals surface area contributed by atoms with Crippen molar-refractivity contribution in [3.8, 4) is 0 Å². The molecule has 0 unspecified atom stereocenters. The molecule has 0 aromatic heterocycles. The van der Waals surface area contributed by atoms with Crippen LogP contribution in [0.4, 0.5) is 0 Å². The quantitative estimate of drug-likeness (QED) is 0.278. The Morgan fingerprint density at radius 3 is 2.48 bits per heavy atom. The second-order valence-electron chi connectivity index (χ2n) is 7.35. The maximum atomic E-state index is 4.44. The van der Waals surface area contributed by atoms with E-state index in [4.69, 9.17) is 0 Å². The van der Waals surface area contributed by atoms with Crippen molar-refractivity contribution in [2.24, 2.45) is 4.99 Å². The van der Waals surface area contributed by atoms with Crippen LogP contribution in [0.1, 0.15) is 30.9 Å². The predicted molar refractivity (Wildman–Crippen MR) is 127 cm³/mol. The smallest absolute Gasteiger partial charge is 0.193 e. The second-order valence-corrected chi connectivity index (χ2v) is 7.35. The molecule has 0 atom stereocenters. The first kappa shape index (κ1) is 24.2. The summed E-state index contributed by atoms with van der Waals surface area (Å²) in [5, 5.41) is 3.51. The molecule has 1 fully saturated rings. The van der Waals surface area contributed by atoms with Crippen LogP contribution in [0.25, 0.3) is 0 Å². The third-order valence-corrected chi connectivity index (χ3v) is 5.17. The molecule has 0 saturated carbocycles. The average Bonchev–Trinajstić information content (AvgIpc) is 2.86. The van der Waals surface area contributed by atoms with Crippen LogP contribution in [-0.4, -0.2) is 81.1 Å². The summed E-state index contributed by atoms with van der Waals surface area (Å²) in [6.45, 7) is 10.0. The van der Waals surface area contributed by atoms with Crippen molar-refractivity contribution in [3.63, 3.8) is 0 Å². The Labute approximate surface area is 183 Å². The van der Waals surface area contributed by atoms with Crippen LogP contribution in [0.5, 0.6) is 0 Å². The highest BCUT2D eigenvalue weighted by molar-refractivity contribution is 14.0. The SMILES string of the molecule is CCc1ccc(CN(C)C(=NC)NCCCN2CCCN(C)CC2)cc1.I. The maximum Gasteiger partial charge on any atom is 0.193 e. The molecule has 0 spiro atoms. The van der Waals surface area contributed by atoms with Gasteiger partial charge in [-0.25, -0.2) is 0 Å². The molecule has 0 amide bonds. The van der Waals surface area contributed by atoms with Gasteiger partial charge in [0.15, 0.2) is 5.96 Å². The molecule has 27 heavy (non-hydrogen) atoms. The zero-order valence-electron chi connectivity index (χ0n) is 17.6. The van der Waals surface area contributed by atoms with Crippen LogP contribution in [0, 0.1) is 0 Å². The van der Waals surface area contributed by atoms with Gasteiger partial charge in [0.2, 0.25) is 0 Å². The van der Waals surface area contributed by atoms with Gasteiger partial charge >= 0.3 is 0 Å². The van der Waals surface area contributed by atoms with Crippen LogP contribution < -0.4 is 5.32 Å². The van der Waals surface area contributed by atoms with Gasteiger partial charge in [-0.2, -0.15) is 0 Å². The van der Waals surface area contributed by atoms with Gasteiger partial charge in [0.1, 0.15) is 0 Å². The number of hydrogen-bond donors (Lipinski definition) is 1. The molecule has 2 rings (SSSR count). The van der Waals surface area contributed by atoms with E-state index in [1.807, 2.05) is 7.05 Å². The topological polar surface area (TPSA) is 34.1 Å². The summed E-state index contributed by atoms with van der Waals surface area (Å²) in [6, 6.07) is 8.88. The van der Waals surface area contributed by atoms with Gasteiger partial charge in [-0.15, -0.1) is 24.0 Å². The van der Waals surface area contributed by atoms with Gasteiger partial charge in [-0.3, -0.25) is 4.99 Å². The first-order valence-corrected chi connectivity index (χ1v) is 10.0. The van der Waals surface area contributed by atoms with Gasteiger partial charge in [0.05, 0.1) is 0 Å². The van der Waals surface area contributed by atoms with Crippen LogP contribution in [-0.2, 0) is 13.0 Å². The lowest BCUT2D eigenvalue weighted by molar-refractivity contribution is 0.273. The standard InChI is InChI=1S/C21H37N5.HI/c1-5-19-8-10-20(11-9-19)18-25(4)21(22-2)23-12-6-14-26-15-7-13-24(3)16-17-26;/h8-11H,5-7,12-18H2,1-4H3,(H,22,23);1H. The van der Waals surface area contributed by atoms with Crippen molar-refractivity contribution in [1.29, 1.82) is 0 Å². The van der Waals surface area contributed by atoms with Crippen molar-refractivity contribution in [2.45, 2.75) is 32.7 Å². The van der Waals surface area contributed by atoms with E-state index in [0.29, 0.717) is 0 Å². The number of benzene rings is 1. The summed E-state index contributed by atoms with van der Waals surface area (Å²) in [4.78, 5) is 11.7. The summed E-state index contributed by atoms with van der Waals surface area (Å²) < 4.78 is 0. The molecule has 154 valence electrons. The van der Waals surface area contributed by atoms with E-state index in [2.05, 4.69) is 70.3 Å². The molecule has 1 aromatic carbocycles. The summed E-state index contributed by atoms with van der Waals surface area (Å²) in [5.74, 6) is 0.972. The summed E-state index contributed by atoms with van der Waals surface area (Å²) in [6.07, 6.45) is 3.53. The highest BCUT2D eigenvalue weighted by atomic mass is 127. The molecule has 6 heteroatoms. The first-order chi connectivity index (χ1) is 12.6. The molecule has 0 bridgehead atoms. The van der Waals surface area contributed by atoms with Gasteiger partial charge in [-0.1, -0.05) is 31.2 Å². The highest BCUT2D eigenvalue weighted by Crippen LogP contribution is 2.07. The van der Waals surface area contributed by atoms with E-state index in [9.17, 15) is 0 Å². The van der Waals surface area contributed by atoms with Gasteiger partial charge < -0.3 is 20.0 Å². The van der Waals surface area contributed by atoms with Crippen LogP contribution in [0.15, 0.2) is 29.3 Å². The average molecular weight is 487 g/mol. The Bertz CT molecular complexity index is 546. The fourth-order valence-corrected chi connectivity index (χ4v) is 3.44. The lowest BCUT2D eigenvalue weighted by Crippen LogP contribution is -2.40. The molecule has 0 aliphatic carbocycles. The van der Waals surface area contributed by atoms with E-state index < -0.39 is 0 Å². The van der Waals surface area contributed by atoms with E-state index in [-0.39, 0.29) is 24.0 Å². The fourth-order valence-electron chi connectivity index (χ4n) is 3.44. The normalized spacial score (nSPS) is 16.5.